The van der Waals surface area contributed by atoms with Gasteiger partial charge in [-0.1, -0.05) is 18.2 Å². The molecule has 0 aromatic heterocycles. The normalized spacial score (nSPS) is 19.6. The highest BCUT2D eigenvalue weighted by molar-refractivity contribution is 5.94. The van der Waals surface area contributed by atoms with Crippen LogP contribution in [0.25, 0.3) is 0 Å². The minimum atomic E-state index is 0.0201. The lowest BCUT2D eigenvalue weighted by Crippen LogP contribution is -2.56. The van der Waals surface area contributed by atoms with E-state index in [2.05, 4.69) is 41.0 Å². The summed E-state index contributed by atoms with van der Waals surface area (Å²) in [7, 11) is 0. The molecule has 2 aliphatic rings. The maximum atomic E-state index is 12.8. The van der Waals surface area contributed by atoms with Gasteiger partial charge in [-0.15, -0.1) is 0 Å². The highest BCUT2D eigenvalue weighted by Crippen LogP contribution is 2.23. The number of hydrogen-bond acceptors (Lipinski definition) is 5. The molecule has 1 amide bonds. The van der Waals surface area contributed by atoms with Gasteiger partial charge >= 0.3 is 0 Å². The number of piperazine rings is 1. The van der Waals surface area contributed by atoms with Crippen molar-refractivity contribution in [3.63, 3.8) is 0 Å². The lowest BCUT2D eigenvalue weighted by atomic mass is 10.0. The minimum Gasteiger partial charge on any atom is -0.484 e. The van der Waals surface area contributed by atoms with Gasteiger partial charge in [0.25, 0.3) is 5.91 Å². The van der Waals surface area contributed by atoms with E-state index in [4.69, 9.17) is 4.74 Å². The summed E-state index contributed by atoms with van der Waals surface area (Å²) in [5.41, 5.74) is 3.30. The summed E-state index contributed by atoms with van der Waals surface area (Å²) >= 11 is 0. The molecule has 0 unspecified atom stereocenters. The zero-order chi connectivity index (χ0) is 22.5. The topological polar surface area (TPSA) is 53.1 Å². The van der Waals surface area contributed by atoms with Crippen LogP contribution >= 0.6 is 0 Å². The van der Waals surface area contributed by atoms with E-state index in [9.17, 15) is 9.59 Å². The smallest absolute Gasteiger partial charge is 0.260 e. The lowest BCUT2D eigenvalue weighted by Gasteiger charge is -2.44. The molecule has 1 atom stereocenters. The molecule has 0 bridgehead atoms. The summed E-state index contributed by atoms with van der Waals surface area (Å²) in [5, 5.41) is 0. The molecular weight excluding hydrogens is 402 g/mol. The van der Waals surface area contributed by atoms with Gasteiger partial charge in [-0.2, -0.15) is 0 Å². The van der Waals surface area contributed by atoms with E-state index in [1.54, 1.807) is 24.3 Å². The number of likely N-dealkylation sites (tertiary alicyclic amines) is 1. The molecule has 32 heavy (non-hydrogen) atoms. The number of carbonyl (C=O) groups excluding carboxylic acids is 2. The van der Waals surface area contributed by atoms with E-state index in [1.807, 2.05) is 4.90 Å². The number of benzene rings is 2. The molecule has 170 valence electrons. The van der Waals surface area contributed by atoms with E-state index in [-0.39, 0.29) is 18.3 Å². The van der Waals surface area contributed by atoms with Crippen LogP contribution in [0.3, 0.4) is 0 Å². The van der Waals surface area contributed by atoms with E-state index >= 15 is 0 Å². The summed E-state index contributed by atoms with van der Waals surface area (Å²) in [6.07, 6.45) is 2.17. The Kier molecular flexibility index (Phi) is 7.10. The molecule has 6 heteroatoms. The third-order valence-corrected chi connectivity index (χ3v) is 6.66. The van der Waals surface area contributed by atoms with Crippen molar-refractivity contribution >= 4 is 17.4 Å². The number of para-hydroxylation sites is 1. The van der Waals surface area contributed by atoms with Crippen LogP contribution in [0.15, 0.2) is 48.5 Å². The molecule has 2 saturated heterocycles. The number of anilines is 1. The number of rotatable bonds is 6. The number of nitrogens with zero attached hydrogens (tertiary/aromatic N) is 3. The summed E-state index contributed by atoms with van der Waals surface area (Å²) < 4.78 is 5.69. The van der Waals surface area contributed by atoms with Gasteiger partial charge in [-0.3, -0.25) is 14.5 Å². The summed E-state index contributed by atoms with van der Waals surface area (Å²) in [6, 6.07) is 16.0. The molecule has 6 nitrogen and oxygen atoms in total. The Hall–Kier alpha value is -2.86. The van der Waals surface area contributed by atoms with Gasteiger partial charge in [-0.05, 0) is 62.6 Å². The molecule has 2 aromatic carbocycles. The Morgan fingerprint density at radius 1 is 0.969 bits per heavy atom. The number of ketones is 1. The van der Waals surface area contributed by atoms with Gasteiger partial charge in [0.15, 0.2) is 12.4 Å². The van der Waals surface area contributed by atoms with Crippen molar-refractivity contribution < 1.29 is 14.3 Å². The first-order chi connectivity index (χ1) is 15.5. The largest absolute Gasteiger partial charge is 0.484 e. The minimum absolute atomic E-state index is 0.0201. The maximum Gasteiger partial charge on any atom is 0.260 e. The fourth-order valence-electron chi connectivity index (χ4n) is 4.75. The molecule has 2 aliphatic heterocycles. The van der Waals surface area contributed by atoms with Crippen molar-refractivity contribution in [3.8, 4) is 5.75 Å². The molecular formula is C26H33N3O3. The van der Waals surface area contributed by atoms with E-state index in [1.165, 1.54) is 18.2 Å². The van der Waals surface area contributed by atoms with Gasteiger partial charge in [-0.25, -0.2) is 0 Å². The van der Waals surface area contributed by atoms with Crippen molar-refractivity contribution in [2.75, 3.05) is 50.8 Å². The summed E-state index contributed by atoms with van der Waals surface area (Å²) in [4.78, 5) is 31.1. The molecule has 0 saturated carbocycles. The van der Waals surface area contributed by atoms with E-state index in [0.29, 0.717) is 17.4 Å². The number of ether oxygens (including phenoxy) is 1. The van der Waals surface area contributed by atoms with E-state index < -0.39 is 0 Å². The average Bonchev–Trinajstić information content (AvgIpc) is 2.83. The van der Waals surface area contributed by atoms with Crippen LogP contribution in [0.4, 0.5) is 5.69 Å². The number of Topliss-reactive ketones (excluding diaryl/α,β-unsaturated/α-hetero) is 1. The second kappa shape index (κ2) is 10.2. The summed E-state index contributed by atoms with van der Waals surface area (Å²) in [5.74, 6) is 0.667. The fraction of sp³-hybridized carbons (Fsp3) is 0.462. The van der Waals surface area contributed by atoms with Crippen LogP contribution in [0.2, 0.25) is 0 Å². The van der Waals surface area contributed by atoms with Crippen molar-refractivity contribution in [3.05, 3.63) is 59.7 Å². The van der Waals surface area contributed by atoms with Crippen LogP contribution in [-0.4, -0.2) is 73.4 Å². The van der Waals surface area contributed by atoms with Crippen LogP contribution < -0.4 is 9.64 Å². The summed E-state index contributed by atoms with van der Waals surface area (Å²) in [6.45, 7) is 9.42. The van der Waals surface area contributed by atoms with Crippen LogP contribution in [0, 0.1) is 6.92 Å². The molecule has 2 aromatic rings. The zero-order valence-electron chi connectivity index (χ0n) is 19.1. The average molecular weight is 436 g/mol. The maximum absolute atomic E-state index is 12.8. The number of aryl methyl sites for hydroxylation is 1. The van der Waals surface area contributed by atoms with Crippen LogP contribution in [-0.2, 0) is 4.79 Å². The Morgan fingerprint density at radius 3 is 2.38 bits per heavy atom. The van der Waals surface area contributed by atoms with Crippen LogP contribution in [0.5, 0.6) is 5.75 Å². The molecule has 0 radical (unpaired) electrons. The highest BCUT2D eigenvalue weighted by atomic mass is 16.5. The first-order valence-electron chi connectivity index (χ1n) is 11.6. The number of carbonyl (C=O) groups is 2. The predicted octanol–water partition coefficient (Wildman–Crippen LogP) is 3.39. The van der Waals surface area contributed by atoms with Gasteiger partial charge < -0.3 is 14.5 Å². The fourth-order valence-corrected chi connectivity index (χ4v) is 4.75. The molecule has 2 heterocycles. The van der Waals surface area contributed by atoms with E-state index in [0.717, 1.165) is 52.1 Å². The second-order valence-corrected chi connectivity index (χ2v) is 8.81. The zero-order valence-corrected chi connectivity index (χ0v) is 19.1. The van der Waals surface area contributed by atoms with Crippen LogP contribution in [0.1, 0.15) is 35.7 Å². The quantitative estimate of drug-likeness (QED) is 0.651. The number of amides is 1. The third kappa shape index (κ3) is 5.30. The van der Waals surface area contributed by atoms with Gasteiger partial charge in [0.1, 0.15) is 5.75 Å². The lowest BCUT2D eigenvalue weighted by molar-refractivity contribution is -0.135. The van der Waals surface area contributed by atoms with Gasteiger partial charge in [0, 0.05) is 56.6 Å². The van der Waals surface area contributed by atoms with Gasteiger partial charge in [0.05, 0.1) is 0 Å². The molecule has 2 fully saturated rings. The van der Waals surface area contributed by atoms with Gasteiger partial charge in [0.2, 0.25) is 0 Å². The molecule has 0 spiro atoms. The number of hydrogen-bond donors (Lipinski definition) is 0. The van der Waals surface area contributed by atoms with Crippen molar-refractivity contribution in [1.82, 2.24) is 9.80 Å². The monoisotopic (exact) mass is 435 g/mol. The highest BCUT2D eigenvalue weighted by Gasteiger charge is 2.30. The SMILES string of the molecule is CC(=O)c1ccc(OCC(=O)N2CCC[C@@H](N3CCN(c4ccccc4C)CC3)C2)cc1. The Morgan fingerprint density at radius 2 is 1.69 bits per heavy atom. The second-order valence-electron chi connectivity index (χ2n) is 8.81. The van der Waals surface area contributed by atoms with Crippen molar-refractivity contribution in [2.24, 2.45) is 0 Å². The molecule has 0 N–H and O–H groups in total. The first-order valence-corrected chi connectivity index (χ1v) is 11.6. The van der Waals surface area contributed by atoms with Crippen molar-refractivity contribution in [1.29, 1.82) is 0 Å². The molecule has 4 rings (SSSR count). The Balaban J connectivity index is 1.26. The standard InChI is InChI=1S/C26H33N3O3/c1-20-6-3-4-8-25(20)28-16-14-27(15-17-28)23-7-5-13-29(18-23)26(31)19-32-24-11-9-22(10-12-24)21(2)30/h3-4,6,8-12,23H,5,7,13-19H2,1-2H3/t23-/m1/s1. The predicted molar refractivity (Wildman–Crippen MR) is 127 cm³/mol. The Bertz CT molecular complexity index is 936. The first kappa shape index (κ1) is 22.3. The molecule has 0 aliphatic carbocycles. The Labute approximate surface area is 190 Å². The number of piperidine rings is 1. The van der Waals surface area contributed by atoms with Crippen molar-refractivity contribution in [2.45, 2.75) is 32.7 Å². The third-order valence-electron chi connectivity index (χ3n) is 6.66.